The molecule has 2 nitrogen and oxygen atoms in total. The zero-order valence-electron chi connectivity index (χ0n) is 13.4. The number of nitriles is 1. The summed E-state index contributed by atoms with van der Waals surface area (Å²) in [6.45, 7) is 2.40. The van der Waals surface area contributed by atoms with Crippen molar-refractivity contribution in [1.29, 1.82) is 5.26 Å². The van der Waals surface area contributed by atoms with Gasteiger partial charge >= 0.3 is 0 Å². The molecule has 0 spiro atoms. The molecule has 1 saturated carbocycles. The van der Waals surface area contributed by atoms with Gasteiger partial charge in [0, 0.05) is 5.92 Å². The molecule has 0 bridgehead atoms. The van der Waals surface area contributed by atoms with Crippen LogP contribution in [0.4, 0.5) is 0 Å². The summed E-state index contributed by atoms with van der Waals surface area (Å²) in [6.07, 6.45) is 5.16. The Morgan fingerprint density at radius 2 is 1.61 bits per heavy atom. The smallest absolute Gasteiger partial charge is 0.0991 e. The van der Waals surface area contributed by atoms with Crippen molar-refractivity contribution in [3.8, 4) is 6.07 Å². The predicted octanol–water partition coefficient (Wildman–Crippen LogP) is 4.43. The van der Waals surface area contributed by atoms with Crippen molar-refractivity contribution in [2.24, 2.45) is 0 Å². The first-order chi connectivity index (χ1) is 11.3. The van der Waals surface area contributed by atoms with E-state index in [9.17, 15) is 0 Å². The van der Waals surface area contributed by atoms with Crippen LogP contribution in [0.5, 0.6) is 0 Å². The van der Waals surface area contributed by atoms with Crippen molar-refractivity contribution in [3.63, 3.8) is 0 Å². The molecule has 1 aliphatic carbocycles. The van der Waals surface area contributed by atoms with Gasteiger partial charge in [0.15, 0.2) is 0 Å². The molecule has 2 aromatic rings. The Bertz CT molecular complexity index is 708. The summed E-state index contributed by atoms with van der Waals surface area (Å²) in [5.41, 5.74) is 3.73. The fraction of sp³-hybridized carbons (Fsp3) is 0.381. The third-order valence-electron chi connectivity index (χ3n) is 5.57. The Labute approximate surface area is 138 Å². The number of benzene rings is 2. The van der Waals surface area contributed by atoms with Gasteiger partial charge in [-0.2, -0.15) is 5.26 Å². The number of likely N-dealkylation sites (tertiary alicyclic amines) is 1. The second-order valence-electron chi connectivity index (χ2n) is 6.83. The first-order valence-electron chi connectivity index (χ1n) is 8.65. The van der Waals surface area contributed by atoms with E-state index in [1.54, 1.807) is 0 Å². The van der Waals surface area contributed by atoms with Crippen LogP contribution < -0.4 is 0 Å². The summed E-state index contributed by atoms with van der Waals surface area (Å²) in [6, 6.07) is 21.4. The van der Waals surface area contributed by atoms with Crippen LogP contribution in [-0.2, 0) is 5.54 Å². The molecule has 0 radical (unpaired) electrons. The van der Waals surface area contributed by atoms with Gasteiger partial charge in [0.2, 0.25) is 0 Å². The van der Waals surface area contributed by atoms with Crippen LogP contribution in [0, 0.1) is 11.3 Å². The Kier molecular flexibility index (Phi) is 3.67. The Hall–Kier alpha value is -2.11. The van der Waals surface area contributed by atoms with E-state index < -0.39 is 0 Å². The lowest BCUT2D eigenvalue weighted by Gasteiger charge is -2.36. The first-order valence-corrected chi connectivity index (χ1v) is 8.65. The minimum atomic E-state index is 0.149. The molecule has 2 fully saturated rings. The second kappa shape index (κ2) is 5.83. The molecule has 4 rings (SSSR count). The standard InChI is InChI=1S/C21H22N2/c22-16-17-9-11-19(12-10-17)21(23-13-5-2-6-14-23)15-20(21)18-7-3-1-4-8-18/h1,3-4,7-12,20H,2,5-6,13-15H2/t20-,21+/m1/s1. The van der Waals surface area contributed by atoms with Crippen molar-refractivity contribution < 1.29 is 0 Å². The highest BCUT2D eigenvalue weighted by atomic mass is 15.2. The van der Waals surface area contributed by atoms with Gasteiger partial charge in [0.1, 0.15) is 0 Å². The third kappa shape index (κ3) is 2.46. The van der Waals surface area contributed by atoms with Crippen molar-refractivity contribution in [3.05, 3.63) is 71.3 Å². The van der Waals surface area contributed by atoms with Crippen molar-refractivity contribution in [2.45, 2.75) is 37.1 Å². The molecule has 1 saturated heterocycles. The number of hydrogen-bond acceptors (Lipinski definition) is 2. The number of nitrogens with zero attached hydrogens (tertiary/aromatic N) is 2. The lowest BCUT2D eigenvalue weighted by molar-refractivity contribution is 0.140. The van der Waals surface area contributed by atoms with E-state index in [4.69, 9.17) is 5.26 Å². The lowest BCUT2D eigenvalue weighted by Crippen LogP contribution is -2.40. The molecule has 0 aromatic heterocycles. The zero-order valence-corrected chi connectivity index (χ0v) is 13.4. The van der Waals surface area contributed by atoms with Crippen LogP contribution in [0.25, 0.3) is 0 Å². The molecule has 2 aromatic carbocycles. The van der Waals surface area contributed by atoms with Gasteiger partial charge in [-0.1, -0.05) is 48.9 Å². The highest BCUT2D eigenvalue weighted by Crippen LogP contribution is 2.62. The maximum Gasteiger partial charge on any atom is 0.0991 e. The topological polar surface area (TPSA) is 27.0 Å². The maximum absolute atomic E-state index is 9.07. The van der Waals surface area contributed by atoms with Gasteiger partial charge in [0.25, 0.3) is 0 Å². The molecule has 1 heterocycles. The fourth-order valence-corrected chi connectivity index (χ4v) is 4.31. The van der Waals surface area contributed by atoms with E-state index >= 15 is 0 Å². The largest absolute Gasteiger partial charge is 0.293 e. The predicted molar refractivity (Wildman–Crippen MR) is 92.1 cm³/mol. The van der Waals surface area contributed by atoms with Crippen LogP contribution >= 0.6 is 0 Å². The van der Waals surface area contributed by atoms with Gasteiger partial charge in [-0.3, -0.25) is 4.90 Å². The summed E-state index contributed by atoms with van der Waals surface area (Å²) < 4.78 is 0. The summed E-state index contributed by atoms with van der Waals surface area (Å²) in [7, 11) is 0. The maximum atomic E-state index is 9.07. The Morgan fingerprint density at radius 1 is 0.913 bits per heavy atom. The van der Waals surface area contributed by atoms with Gasteiger partial charge in [-0.05, 0) is 55.6 Å². The van der Waals surface area contributed by atoms with Gasteiger partial charge in [-0.25, -0.2) is 0 Å². The van der Waals surface area contributed by atoms with Crippen LogP contribution in [0.1, 0.15) is 48.3 Å². The Morgan fingerprint density at radius 3 is 2.26 bits per heavy atom. The molecule has 116 valence electrons. The molecule has 2 atom stereocenters. The van der Waals surface area contributed by atoms with Crippen LogP contribution in [0.2, 0.25) is 0 Å². The monoisotopic (exact) mass is 302 g/mol. The van der Waals surface area contributed by atoms with Crippen LogP contribution in [0.15, 0.2) is 54.6 Å². The summed E-state index contributed by atoms with van der Waals surface area (Å²) in [5.74, 6) is 0.578. The van der Waals surface area contributed by atoms with Crippen LogP contribution in [0.3, 0.4) is 0 Å². The number of piperidine rings is 1. The number of hydrogen-bond donors (Lipinski definition) is 0. The van der Waals surface area contributed by atoms with Crippen LogP contribution in [-0.4, -0.2) is 18.0 Å². The van der Waals surface area contributed by atoms with Crippen molar-refractivity contribution in [1.82, 2.24) is 4.90 Å². The zero-order chi connectivity index (χ0) is 15.7. The van der Waals surface area contributed by atoms with E-state index in [0.29, 0.717) is 5.92 Å². The number of rotatable bonds is 3. The highest BCUT2D eigenvalue weighted by Gasteiger charge is 2.59. The molecule has 0 unspecified atom stereocenters. The van der Waals surface area contributed by atoms with E-state index in [1.165, 1.54) is 49.9 Å². The highest BCUT2D eigenvalue weighted by molar-refractivity contribution is 5.44. The average molecular weight is 302 g/mol. The molecule has 1 aliphatic heterocycles. The average Bonchev–Trinajstić information content (AvgIpc) is 3.40. The van der Waals surface area contributed by atoms with E-state index in [2.05, 4.69) is 53.4 Å². The first kappa shape index (κ1) is 14.5. The molecule has 2 heteroatoms. The van der Waals surface area contributed by atoms with E-state index in [-0.39, 0.29) is 5.54 Å². The van der Waals surface area contributed by atoms with Gasteiger partial charge in [0.05, 0.1) is 17.2 Å². The second-order valence-corrected chi connectivity index (χ2v) is 6.83. The van der Waals surface area contributed by atoms with Crippen molar-refractivity contribution >= 4 is 0 Å². The molecule has 23 heavy (non-hydrogen) atoms. The SMILES string of the molecule is N#Cc1ccc([C@@]2(N3CCCCC3)C[C@@H]2c2ccccc2)cc1. The third-order valence-corrected chi connectivity index (χ3v) is 5.57. The van der Waals surface area contributed by atoms with Gasteiger partial charge < -0.3 is 0 Å². The van der Waals surface area contributed by atoms with E-state index in [0.717, 1.165) is 5.56 Å². The molecule has 0 N–H and O–H groups in total. The molecule has 2 aliphatic rings. The molecule has 0 amide bonds. The fourth-order valence-electron chi connectivity index (χ4n) is 4.31. The summed E-state index contributed by atoms with van der Waals surface area (Å²) in [4.78, 5) is 2.70. The normalized spacial score (nSPS) is 27.3. The molecular formula is C21H22N2. The van der Waals surface area contributed by atoms with E-state index in [1.807, 2.05) is 12.1 Å². The minimum Gasteiger partial charge on any atom is -0.293 e. The molecular weight excluding hydrogens is 280 g/mol. The Balaban J connectivity index is 1.71. The quantitative estimate of drug-likeness (QED) is 0.839. The summed E-state index contributed by atoms with van der Waals surface area (Å²) >= 11 is 0. The summed E-state index contributed by atoms with van der Waals surface area (Å²) in [5, 5.41) is 9.07. The minimum absolute atomic E-state index is 0.149. The van der Waals surface area contributed by atoms with Gasteiger partial charge in [-0.15, -0.1) is 0 Å². The van der Waals surface area contributed by atoms with Crippen molar-refractivity contribution in [2.75, 3.05) is 13.1 Å². The lowest BCUT2D eigenvalue weighted by atomic mass is 9.94.